The van der Waals surface area contributed by atoms with Crippen LogP contribution in [-0.2, 0) is 4.79 Å². The summed E-state index contributed by atoms with van der Waals surface area (Å²) in [4.78, 5) is 29.5. The Morgan fingerprint density at radius 3 is 2.16 bits per heavy atom. The monoisotopic (exact) mass is 503 g/mol. The van der Waals surface area contributed by atoms with Gasteiger partial charge in [0.15, 0.2) is 0 Å². The van der Waals surface area contributed by atoms with Crippen molar-refractivity contribution in [3.8, 4) is 17.2 Å². The van der Waals surface area contributed by atoms with Crippen LogP contribution in [0.1, 0.15) is 15.9 Å². The molecule has 7 nitrogen and oxygen atoms in total. The van der Waals surface area contributed by atoms with Crippen LogP contribution in [0.2, 0.25) is 0 Å². The zero-order chi connectivity index (χ0) is 26.3. The van der Waals surface area contributed by atoms with E-state index in [1.807, 2.05) is 54.6 Å². The van der Waals surface area contributed by atoms with Crippen molar-refractivity contribution in [2.24, 2.45) is 0 Å². The summed E-state index contributed by atoms with van der Waals surface area (Å²) in [7, 11) is 1.60. The maximum absolute atomic E-state index is 13.4. The number of H-pyrrole nitrogens is 1. The van der Waals surface area contributed by atoms with Gasteiger partial charge in [-0.15, -0.1) is 0 Å². The molecule has 0 fully saturated rings. The fraction of sp³-hybridized carbons (Fsp3) is 0.0323. The second-order valence-electron chi connectivity index (χ2n) is 8.43. The first-order valence-electron chi connectivity index (χ1n) is 12.0. The number of carbonyl (C=O) groups excluding carboxylic acids is 2. The van der Waals surface area contributed by atoms with Crippen molar-refractivity contribution in [1.29, 1.82) is 0 Å². The van der Waals surface area contributed by atoms with E-state index in [2.05, 4.69) is 15.6 Å². The second-order valence-corrected chi connectivity index (χ2v) is 8.43. The summed E-state index contributed by atoms with van der Waals surface area (Å²) in [6.45, 7) is 0. The molecule has 0 atom stereocenters. The molecule has 2 amide bonds. The Balaban J connectivity index is 1.41. The molecule has 0 saturated carbocycles. The molecule has 5 rings (SSSR count). The standard InChI is InChI=1S/C31H25N3O4/c1-37-26-16-17-28-27(19-26)22(20-32-28)18-29(34-30(35)21-8-4-2-5-9-21)31(36)33-23-12-14-25(15-13-23)38-24-10-6-3-7-11-24/h2-20,32H,1H3,(H,33,36)(H,34,35). The van der Waals surface area contributed by atoms with Gasteiger partial charge in [-0.2, -0.15) is 0 Å². The zero-order valence-corrected chi connectivity index (χ0v) is 20.6. The van der Waals surface area contributed by atoms with Crippen molar-refractivity contribution in [1.82, 2.24) is 10.3 Å². The summed E-state index contributed by atoms with van der Waals surface area (Å²) in [6, 6.07) is 30.8. The molecule has 3 N–H and O–H groups in total. The molecule has 0 aliphatic carbocycles. The van der Waals surface area contributed by atoms with Crippen molar-refractivity contribution < 1.29 is 19.1 Å². The Morgan fingerprint density at radius 2 is 1.45 bits per heavy atom. The van der Waals surface area contributed by atoms with Gasteiger partial charge in [0, 0.05) is 33.9 Å². The number of methoxy groups -OCH3 is 1. The number of hydrogen-bond acceptors (Lipinski definition) is 4. The third-order valence-electron chi connectivity index (χ3n) is 5.84. The number of para-hydroxylation sites is 1. The van der Waals surface area contributed by atoms with Crippen LogP contribution >= 0.6 is 0 Å². The lowest BCUT2D eigenvalue weighted by molar-refractivity contribution is -0.113. The van der Waals surface area contributed by atoms with E-state index in [4.69, 9.17) is 9.47 Å². The van der Waals surface area contributed by atoms with E-state index >= 15 is 0 Å². The van der Waals surface area contributed by atoms with Crippen molar-refractivity contribution in [3.63, 3.8) is 0 Å². The van der Waals surface area contributed by atoms with Crippen LogP contribution in [0.25, 0.3) is 17.0 Å². The molecule has 0 bridgehead atoms. The van der Waals surface area contributed by atoms with Crippen LogP contribution in [0, 0.1) is 0 Å². The van der Waals surface area contributed by atoms with Crippen molar-refractivity contribution in [3.05, 3.63) is 126 Å². The molecule has 38 heavy (non-hydrogen) atoms. The normalized spacial score (nSPS) is 11.1. The summed E-state index contributed by atoms with van der Waals surface area (Å²) in [5.41, 5.74) is 2.68. The number of benzene rings is 4. The lowest BCUT2D eigenvalue weighted by atomic mass is 10.1. The van der Waals surface area contributed by atoms with Gasteiger partial charge < -0.3 is 25.1 Å². The summed E-state index contributed by atoms with van der Waals surface area (Å²) >= 11 is 0. The van der Waals surface area contributed by atoms with E-state index in [9.17, 15) is 9.59 Å². The van der Waals surface area contributed by atoms with Gasteiger partial charge in [-0.25, -0.2) is 0 Å². The number of rotatable bonds is 8. The average Bonchev–Trinajstić information content (AvgIpc) is 3.36. The molecule has 7 heteroatoms. The fourth-order valence-corrected chi connectivity index (χ4v) is 3.89. The Kier molecular flexibility index (Phi) is 7.18. The molecular formula is C31H25N3O4. The van der Waals surface area contributed by atoms with Gasteiger partial charge in [0.25, 0.3) is 11.8 Å². The Labute approximate surface area is 219 Å². The summed E-state index contributed by atoms with van der Waals surface area (Å²) in [6.07, 6.45) is 3.42. The summed E-state index contributed by atoms with van der Waals surface area (Å²) < 4.78 is 11.2. The van der Waals surface area contributed by atoms with E-state index in [0.717, 1.165) is 16.5 Å². The number of aromatic amines is 1. The van der Waals surface area contributed by atoms with Gasteiger partial charge in [0.2, 0.25) is 0 Å². The number of fused-ring (bicyclic) bond motifs is 1. The number of nitrogens with one attached hydrogen (secondary N) is 3. The van der Waals surface area contributed by atoms with Gasteiger partial charge in [-0.1, -0.05) is 36.4 Å². The van der Waals surface area contributed by atoms with E-state index < -0.39 is 11.8 Å². The van der Waals surface area contributed by atoms with Crippen molar-refractivity contribution in [2.45, 2.75) is 0 Å². The quantitative estimate of drug-likeness (QED) is 0.214. The molecule has 1 heterocycles. The first kappa shape index (κ1) is 24.4. The van der Waals surface area contributed by atoms with Gasteiger partial charge in [0.1, 0.15) is 22.9 Å². The highest BCUT2D eigenvalue weighted by atomic mass is 16.5. The minimum atomic E-state index is -0.469. The molecule has 4 aromatic carbocycles. The number of ether oxygens (including phenoxy) is 2. The van der Waals surface area contributed by atoms with Crippen LogP contribution < -0.4 is 20.1 Å². The predicted molar refractivity (Wildman–Crippen MR) is 148 cm³/mol. The number of aromatic nitrogens is 1. The number of anilines is 1. The van der Waals surface area contributed by atoms with E-state index in [0.29, 0.717) is 28.5 Å². The average molecular weight is 504 g/mol. The van der Waals surface area contributed by atoms with E-state index in [-0.39, 0.29) is 5.70 Å². The van der Waals surface area contributed by atoms with Crippen LogP contribution in [0.5, 0.6) is 17.2 Å². The maximum atomic E-state index is 13.4. The highest BCUT2D eigenvalue weighted by molar-refractivity contribution is 6.11. The smallest absolute Gasteiger partial charge is 0.272 e. The molecule has 0 aliphatic rings. The zero-order valence-electron chi connectivity index (χ0n) is 20.6. The lowest BCUT2D eigenvalue weighted by Crippen LogP contribution is -2.30. The second kappa shape index (κ2) is 11.2. The molecule has 0 spiro atoms. The third kappa shape index (κ3) is 5.74. The molecule has 0 unspecified atom stereocenters. The molecule has 0 saturated heterocycles. The largest absolute Gasteiger partial charge is 0.497 e. The summed E-state index contributed by atoms with van der Waals surface area (Å²) in [5.74, 6) is 1.17. The molecular weight excluding hydrogens is 478 g/mol. The van der Waals surface area contributed by atoms with Gasteiger partial charge in [0.05, 0.1) is 7.11 Å². The van der Waals surface area contributed by atoms with Crippen LogP contribution in [0.15, 0.2) is 115 Å². The maximum Gasteiger partial charge on any atom is 0.272 e. The minimum Gasteiger partial charge on any atom is -0.497 e. The molecule has 1 aromatic heterocycles. The SMILES string of the molecule is COc1ccc2[nH]cc(C=C(NC(=O)c3ccccc3)C(=O)Nc3ccc(Oc4ccccc4)cc3)c2c1. The first-order chi connectivity index (χ1) is 18.6. The van der Waals surface area contributed by atoms with E-state index in [1.165, 1.54) is 0 Å². The topological polar surface area (TPSA) is 92.5 Å². The van der Waals surface area contributed by atoms with Crippen LogP contribution in [0.4, 0.5) is 5.69 Å². The number of hydrogen-bond donors (Lipinski definition) is 3. The van der Waals surface area contributed by atoms with Gasteiger partial charge in [-0.05, 0) is 72.8 Å². The van der Waals surface area contributed by atoms with Crippen molar-refractivity contribution >= 4 is 34.5 Å². The summed E-state index contributed by atoms with van der Waals surface area (Å²) in [5, 5.41) is 6.48. The lowest BCUT2D eigenvalue weighted by Gasteiger charge is -2.12. The number of carbonyl (C=O) groups is 2. The Bertz CT molecular complexity index is 1590. The van der Waals surface area contributed by atoms with Gasteiger partial charge >= 0.3 is 0 Å². The number of amides is 2. The molecule has 0 radical (unpaired) electrons. The minimum absolute atomic E-state index is 0.0900. The van der Waals surface area contributed by atoms with Crippen LogP contribution in [0.3, 0.4) is 0 Å². The van der Waals surface area contributed by atoms with E-state index in [1.54, 1.807) is 67.9 Å². The predicted octanol–water partition coefficient (Wildman–Crippen LogP) is 6.38. The first-order valence-corrected chi connectivity index (χ1v) is 12.0. The van der Waals surface area contributed by atoms with Crippen LogP contribution in [-0.4, -0.2) is 23.9 Å². The highest BCUT2D eigenvalue weighted by Crippen LogP contribution is 2.26. The fourth-order valence-electron chi connectivity index (χ4n) is 3.89. The highest BCUT2D eigenvalue weighted by Gasteiger charge is 2.16. The van der Waals surface area contributed by atoms with Gasteiger partial charge in [-0.3, -0.25) is 9.59 Å². The molecule has 0 aliphatic heterocycles. The molecule has 188 valence electrons. The van der Waals surface area contributed by atoms with Crippen molar-refractivity contribution in [2.75, 3.05) is 12.4 Å². The Hall–Kier alpha value is -5.30. The Morgan fingerprint density at radius 1 is 0.789 bits per heavy atom. The molecule has 5 aromatic rings. The third-order valence-corrected chi connectivity index (χ3v) is 5.84.